The highest BCUT2D eigenvalue weighted by Crippen LogP contribution is 2.39. The van der Waals surface area contributed by atoms with E-state index in [0.29, 0.717) is 30.2 Å². The Morgan fingerprint density at radius 3 is 2.74 bits per heavy atom. The van der Waals surface area contributed by atoms with Gasteiger partial charge >= 0.3 is 0 Å². The van der Waals surface area contributed by atoms with Gasteiger partial charge in [-0.25, -0.2) is 0 Å². The van der Waals surface area contributed by atoms with E-state index in [1.807, 2.05) is 48.5 Å². The van der Waals surface area contributed by atoms with Crippen molar-refractivity contribution in [3.8, 4) is 11.5 Å². The van der Waals surface area contributed by atoms with Crippen LogP contribution in [0.1, 0.15) is 41.6 Å². The topological polar surface area (TPSA) is 83.9 Å². The summed E-state index contributed by atoms with van der Waals surface area (Å²) in [5.74, 6) is 1.17. The highest BCUT2D eigenvalue weighted by molar-refractivity contribution is 6.30. The average molecular weight is 534 g/mol. The Morgan fingerprint density at radius 2 is 1.97 bits per heavy atom. The molecule has 8 heteroatoms. The Morgan fingerprint density at radius 1 is 1.18 bits per heavy atom. The van der Waals surface area contributed by atoms with E-state index in [2.05, 4.69) is 27.3 Å². The largest absolute Gasteiger partial charge is 0.487 e. The molecule has 2 aliphatic rings. The number of hydrogen-bond acceptors (Lipinski definition) is 6. The molecule has 5 rings (SSSR count). The number of ether oxygens (including phenoxy) is 2. The lowest BCUT2D eigenvalue weighted by Gasteiger charge is -2.38. The van der Waals surface area contributed by atoms with Gasteiger partial charge in [0.1, 0.15) is 18.1 Å². The van der Waals surface area contributed by atoms with Gasteiger partial charge in [0.15, 0.2) is 6.61 Å². The maximum absolute atomic E-state index is 11.7. The normalized spacial score (nSPS) is 17.6. The highest BCUT2D eigenvalue weighted by atomic mass is 35.5. The van der Waals surface area contributed by atoms with Crippen molar-refractivity contribution in [3.63, 3.8) is 0 Å². The van der Waals surface area contributed by atoms with Gasteiger partial charge in [-0.1, -0.05) is 35.9 Å². The van der Waals surface area contributed by atoms with Crippen LogP contribution in [0.2, 0.25) is 5.02 Å². The minimum absolute atomic E-state index is 0.0509. The molecule has 2 aromatic carbocycles. The Kier molecular flexibility index (Phi) is 7.98. The fourth-order valence-corrected chi connectivity index (χ4v) is 5.18. The van der Waals surface area contributed by atoms with Crippen LogP contribution in [0.15, 0.2) is 66.9 Å². The number of benzene rings is 2. The molecule has 0 aliphatic carbocycles. The third-order valence-electron chi connectivity index (χ3n) is 7.29. The maximum Gasteiger partial charge on any atom is 0.257 e. The standard InChI is InChI=1S/C30H32ClN3O4/c1-32-29(35)20-37-23-10-11-28-26(18-23)24(25-4-2-14-33-27(25)19-38-28)5-3-15-34-16-12-30(36,13-17-34)21-6-8-22(31)9-7-21/h2,4-11,14,18,36H,3,12-13,15-17,19-20H2,1H3,(H,32,35). The lowest BCUT2D eigenvalue weighted by Crippen LogP contribution is -2.42. The number of hydrogen-bond donors (Lipinski definition) is 2. The summed E-state index contributed by atoms with van der Waals surface area (Å²) in [4.78, 5) is 18.6. The number of halogens is 1. The molecule has 1 fully saturated rings. The third-order valence-corrected chi connectivity index (χ3v) is 7.55. The first-order chi connectivity index (χ1) is 18.4. The summed E-state index contributed by atoms with van der Waals surface area (Å²) in [7, 11) is 1.59. The minimum atomic E-state index is -0.813. The summed E-state index contributed by atoms with van der Waals surface area (Å²) < 4.78 is 11.8. The van der Waals surface area contributed by atoms with Crippen molar-refractivity contribution in [2.75, 3.05) is 33.3 Å². The van der Waals surface area contributed by atoms with Crippen molar-refractivity contribution in [2.24, 2.45) is 0 Å². The number of amides is 1. The number of carbonyl (C=O) groups excluding carboxylic acids is 1. The van der Waals surface area contributed by atoms with Crippen LogP contribution in [-0.2, 0) is 17.0 Å². The summed E-state index contributed by atoms with van der Waals surface area (Å²) in [6.45, 7) is 2.84. The van der Waals surface area contributed by atoms with Gasteiger partial charge in [0.05, 0.1) is 11.3 Å². The molecular weight excluding hydrogens is 502 g/mol. The number of rotatable bonds is 7. The molecule has 0 saturated carbocycles. The molecule has 0 spiro atoms. The third kappa shape index (κ3) is 5.85. The van der Waals surface area contributed by atoms with Gasteiger partial charge in [0.2, 0.25) is 0 Å². The van der Waals surface area contributed by atoms with Gasteiger partial charge in [-0.15, -0.1) is 0 Å². The van der Waals surface area contributed by atoms with E-state index in [-0.39, 0.29) is 12.5 Å². The van der Waals surface area contributed by atoms with Gasteiger partial charge in [0.25, 0.3) is 5.91 Å². The number of fused-ring (bicyclic) bond motifs is 2. The molecule has 0 bridgehead atoms. The van der Waals surface area contributed by atoms with Crippen molar-refractivity contribution in [3.05, 3.63) is 94.3 Å². The van der Waals surface area contributed by atoms with Crippen LogP contribution in [0.5, 0.6) is 11.5 Å². The van der Waals surface area contributed by atoms with Crippen LogP contribution < -0.4 is 14.8 Å². The van der Waals surface area contributed by atoms with E-state index in [4.69, 9.17) is 21.1 Å². The van der Waals surface area contributed by atoms with Crippen molar-refractivity contribution < 1.29 is 19.4 Å². The van der Waals surface area contributed by atoms with E-state index in [1.165, 1.54) is 0 Å². The zero-order chi connectivity index (χ0) is 26.5. The van der Waals surface area contributed by atoms with Crippen LogP contribution in [-0.4, -0.2) is 54.2 Å². The van der Waals surface area contributed by atoms with Crippen LogP contribution in [0.4, 0.5) is 0 Å². The molecule has 1 saturated heterocycles. The first-order valence-electron chi connectivity index (χ1n) is 12.9. The molecular formula is C30H32ClN3O4. The van der Waals surface area contributed by atoms with E-state index < -0.39 is 5.60 Å². The fourth-order valence-electron chi connectivity index (χ4n) is 5.05. The molecule has 7 nitrogen and oxygen atoms in total. The lowest BCUT2D eigenvalue weighted by atomic mass is 9.84. The molecule has 0 radical (unpaired) electrons. The molecule has 1 aromatic heterocycles. The number of likely N-dealkylation sites (N-methyl/N-ethyl adjacent to an activating group) is 1. The summed E-state index contributed by atoms with van der Waals surface area (Å²) in [6.07, 6.45) is 6.20. The van der Waals surface area contributed by atoms with E-state index in [9.17, 15) is 9.90 Å². The van der Waals surface area contributed by atoms with E-state index in [1.54, 1.807) is 13.2 Å². The predicted molar refractivity (Wildman–Crippen MR) is 147 cm³/mol. The number of carbonyl (C=O) groups is 1. The SMILES string of the molecule is CNC(=O)COc1ccc2c(c1)C(=CCCN1CCC(O)(c3ccc(Cl)cc3)CC1)c1cccnc1CO2. The smallest absolute Gasteiger partial charge is 0.257 e. The lowest BCUT2D eigenvalue weighted by molar-refractivity contribution is -0.122. The Hall–Kier alpha value is -3.39. The van der Waals surface area contributed by atoms with Crippen LogP contribution in [0, 0.1) is 0 Å². The molecule has 0 atom stereocenters. The number of nitrogens with one attached hydrogen (secondary N) is 1. The Balaban J connectivity index is 1.31. The molecule has 198 valence electrons. The van der Waals surface area contributed by atoms with Gasteiger partial charge in [-0.05, 0) is 66.8 Å². The number of aromatic nitrogens is 1. The molecule has 3 heterocycles. The van der Waals surface area contributed by atoms with Crippen molar-refractivity contribution in [2.45, 2.75) is 31.5 Å². The summed E-state index contributed by atoms with van der Waals surface area (Å²) in [5.41, 5.74) is 3.99. The molecule has 1 amide bonds. The van der Waals surface area contributed by atoms with Crippen molar-refractivity contribution in [1.82, 2.24) is 15.2 Å². The molecule has 0 unspecified atom stereocenters. The van der Waals surface area contributed by atoms with E-state index >= 15 is 0 Å². The quantitative estimate of drug-likeness (QED) is 0.463. The summed E-state index contributed by atoms with van der Waals surface area (Å²) >= 11 is 6.03. The van der Waals surface area contributed by atoms with Crippen LogP contribution >= 0.6 is 11.6 Å². The zero-order valence-corrected chi connectivity index (χ0v) is 22.2. The number of likely N-dealkylation sites (tertiary alicyclic amines) is 1. The predicted octanol–water partition coefficient (Wildman–Crippen LogP) is 4.56. The first kappa shape index (κ1) is 26.2. The summed E-state index contributed by atoms with van der Waals surface area (Å²) in [6, 6.07) is 17.2. The fraction of sp³-hybridized carbons (Fsp3) is 0.333. The van der Waals surface area contributed by atoms with Crippen molar-refractivity contribution in [1.29, 1.82) is 0 Å². The second kappa shape index (κ2) is 11.6. The monoisotopic (exact) mass is 533 g/mol. The Bertz CT molecular complexity index is 1320. The second-order valence-electron chi connectivity index (χ2n) is 9.69. The minimum Gasteiger partial charge on any atom is -0.487 e. The Labute approximate surface area is 228 Å². The number of piperidine rings is 1. The van der Waals surface area contributed by atoms with Gasteiger partial charge in [-0.2, -0.15) is 0 Å². The zero-order valence-electron chi connectivity index (χ0n) is 21.5. The molecule has 2 aliphatic heterocycles. The maximum atomic E-state index is 11.7. The highest BCUT2D eigenvalue weighted by Gasteiger charge is 2.33. The number of aliphatic hydroxyl groups is 1. The molecule has 3 aromatic rings. The summed E-state index contributed by atoms with van der Waals surface area (Å²) in [5, 5.41) is 14.5. The van der Waals surface area contributed by atoms with Crippen LogP contribution in [0.25, 0.3) is 5.57 Å². The second-order valence-corrected chi connectivity index (χ2v) is 10.1. The first-order valence-corrected chi connectivity index (χ1v) is 13.3. The number of pyridine rings is 1. The van der Waals surface area contributed by atoms with Crippen molar-refractivity contribution >= 4 is 23.1 Å². The van der Waals surface area contributed by atoms with Crippen LogP contribution in [0.3, 0.4) is 0 Å². The van der Waals surface area contributed by atoms with Gasteiger partial charge < -0.3 is 24.8 Å². The molecule has 38 heavy (non-hydrogen) atoms. The average Bonchev–Trinajstić information content (AvgIpc) is 3.10. The van der Waals surface area contributed by atoms with Gasteiger partial charge in [-0.3, -0.25) is 9.78 Å². The molecule has 2 N–H and O–H groups in total. The van der Waals surface area contributed by atoms with Gasteiger partial charge in [0, 0.05) is 49.0 Å². The number of nitrogens with zero attached hydrogens (tertiary/aromatic N) is 2. The van der Waals surface area contributed by atoms with E-state index in [0.717, 1.165) is 59.8 Å².